The van der Waals surface area contributed by atoms with E-state index in [9.17, 15) is 0 Å². The van der Waals surface area contributed by atoms with Crippen molar-refractivity contribution >= 4 is 23.0 Å². The highest BCUT2D eigenvalue weighted by molar-refractivity contribution is 7.80. The van der Waals surface area contributed by atoms with E-state index in [1.54, 1.807) is 0 Å². The number of para-hydroxylation sites is 1. The number of benzene rings is 2. The molecule has 4 aromatic rings. The first kappa shape index (κ1) is 20.5. The summed E-state index contributed by atoms with van der Waals surface area (Å²) in [7, 11) is 0. The van der Waals surface area contributed by atoms with E-state index in [-0.39, 0.29) is 12.1 Å². The first-order valence-electron chi connectivity index (χ1n) is 10.9. The molecule has 0 spiro atoms. The molecule has 160 valence electrons. The van der Waals surface area contributed by atoms with Crippen molar-refractivity contribution in [3.8, 4) is 0 Å². The van der Waals surface area contributed by atoms with E-state index in [2.05, 4.69) is 100 Å². The largest absolute Gasteiger partial charge is 0.351 e. The van der Waals surface area contributed by atoms with Gasteiger partial charge in [0.15, 0.2) is 5.11 Å². The van der Waals surface area contributed by atoms with Crippen LogP contribution in [0.15, 0.2) is 91.1 Å². The van der Waals surface area contributed by atoms with Gasteiger partial charge < -0.3 is 14.8 Å². The highest BCUT2D eigenvalue weighted by Gasteiger charge is 2.42. The molecule has 1 saturated heterocycles. The van der Waals surface area contributed by atoms with Crippen molar-refractivity contribution < 1.29 is 0 Å². The molecule has 2 aromatic heterocycles. The fourth-order valence-electron chi connectivity index (χ4n) is 4.67. The van der Waals surface area contributed by atoms with Crippen molar-refractivity contribution in [1.82, 2.24) is 14.9 Å². The van der Waals surface area contributed by atoms with Crippen LogP contribution in [-0.2, 0) is 6.54 Å². The van der Waals surface area contributed by atoms with Gasteiger partial charge in [0.2, 0.25) is 0 Å². The number of aromatic nitrogens is 2. The number of hydrogen-bond donors (Lipinski definition) is 1. The highest BCUT2D eigenvalue weighted by Crippen LogP contribution is 2.43. The minimum Gasteiger partial charge on any atom is -0.351 e. The molecule has 2 aromatic carbocycles. The van der Waals surface area contributed by atoms with Crippen LogP contribution >= 0.6 is 12.2 Å². The third kappa shape index (κ3) is 3.69. The van der Waals surface area contributed by atoms with Crippen LogP contribution in [0.1, 0.15) is 40.3 Å². The second kappa shape index (κ2) is 8.60. The van der Waals surface area contributed by atoms with Gasteiger partial charge in [-0.15, -0.1) is 0 Å². The average Bonchev–Trinajstić information content (AvgIpc) is 3.32. The molecule has 0 radical (unpaired) electrons. The van der Waals surface area contributed by atoms with Crippen molar-refractivity contribution in [3.63, 3.8) is 0 Å². The highest BCUT2D eigenvalue weighted by atomic mass is 32.1. The monoisotopic (exact) mass is 438 g/mol. The molecule has 1 N–H and O–H groups in total. The molecule has 1 fully saturated rings. The Morgan fingerprint density at radius 1 is 0.906 bits per heavy atom. The summed E-state index contributed by atoms with van der Waals surface area (Å²) in [6, 6.07) is 29.3. The molecule has 3 heterocycles. The second-order valence-corrected chi connectivity index (χ2v) is 8.62. The standard InChI is InChI=1S/C27H26N4S/c1-19-17-23(20(2)30(19)18-21-11-5-3-6-12-21)26-25(24-15-9-10-16-28-24)29-27(32)31(26)22-13-7-4-8-14-22/h3-17,25-26H,18H2,1-2H3,(H,29,32)/t25-,26-/m1/s1. The van der Waals surface area contributed by atoms with Gasteiger partial charge in [-0.2, -0.15) is 0 Å². The number of thiocarbonyl (C=S) groups is 1. The third-order valence-electron chi connectivity index (χ3n) is 6.25. The van der Waals surface area contributed by atoms with Crippen LogP contribution in [0.3, 0.4) is 0 Å². The number of pyridine rings is 1. The van der Waals surface area contributed by atoms with Crippen LogP contribution in [0, 0.1) is 13.8 Å². The van der Waals surface area contributed by atoms with Crippen LogP contribution in [0.25, 0.3) is 0 Å². The van der Waals surface area contributed by atoms with E-state index in [1.165, 1.54) is 22.5 Å². The first-order chi connectivity index (χ1) is 15.6. The lowest BCUT2D eigenvalue weighted by molar-refractivity contribution is 0.563. The summed E-state index contributed by atoms with van der Waals surface area (Å²) in [5.74, 6) is 0. The number of hydrogen-bond acceptors (Lipinski definition) is 2. The molecule has 5 heteroatoms. The number of nitrogens with one attached hydrogen (secondary N) is 1. The zero-order valence-corrected chi connectivity index (χ0v) is 19.1. The predicted molar refractivity (Wildman–Crippen MR) is 134 cm³/mol. The molecule has 0 unspecified atom stereocenters. The molecule has 0 amide bonds. The van der Waals surface area contributed by atoms with Crippen LogP contribution in [-0.4, -0.2) is 14.7 Å². The lowest BCUT2D eigenvalue weighted by Gasteiger charge is -2.28. The van der Waals surface area contributed by atoms with Gasteiger partial charge >= 0.3 is 0 Å². The van der Waals surface area contributed by atoms with E-state index in [0.717, 1.165) is 23.0 Å². The number of aryl methyl sites for hydroxylation is 1. The minimum absolute atomic E-state index is 0.00974. The van der Waals surface area contributed by atoms with Crippen molar-refractivity contribution in [2.45, 2.75) is 32.5 Å². The Kier molecular flexibility index (Phi) is 5.50. The van der Waals surface area contributed by atoms with Gasteiger partial charge in [0.1, 0.15) is 0 Å². The molecular formula is C27H26N4S. The van der Waals surface area contributed by atoms with E-state index >= 15 is 0 Å². The van der Waals surface area contributed by atoms with Gasteiger partial charge in [-0.05, 0) is 67.5 Å². The average molecular weight is 439 g/mol. The number of rotatable bonds is 5. The fraction of sp³-hybridized carbons (Fsp3) is 0.185. The molecule has 5 rings (SSSR count). The SMILES string of the molecule is Cc1cc([C@@H]2[C@@H](c3ccccn3)NC(=S)N2c2ccccc2)c(C)n1Cc1ccccc1. The van der Waals surface area contributed by atoms with E-state index in [1.807, 2.05) is 24.4 Å². The fourth-order valence-corrected chi connectivity index (χ4v) is 5.02. The summed E-state index contributed by atoms with van der Waals surface area (Å²) in [5.41, 5.74) is 7.14. The smallest absolute Gasteiger partial charge is 0.174 e. The summed E-state index contributed by atoms with van der Waals surface area (Å²) in [6.07, 6.45) is 1.85. The molecule has 32 heavy (non-hydrogen) atoms. The van der Waals surface area contributed by atoms with Crippen LogP contribution in [0.4, 0.5) is 5.69 Å². The van der Waals surface area contributed by atoms with E-state index in [4.69, 9.17) is 12.2 Å². The molecule has 2 atom stereocenters. The Hall–Kier alpha value is -3.44. The third-order valence-corrected chi connectivity index (χ3v) is 6.56. The van der Waals surface area contributed by atoms with Crippen LogP contribution < -0.4 is 10.2 Å². The van der Waals surface area contributed by atoms with Gasteiger partial charge in [0.25, 0.3) is 0 Å². The zero-order chi connectivity index (χ0) is 22.1. The Morgan fingerprint density at radius 2 is 1.59 bits per heavy atom. The van der Waals surface area contributed by atoms with Crippen molar-refractivity contribution in [2.75, 3.05) is 4.90 Å². The molecular weight excluding hydrogens is 412 g/mol. The number of nitrogens with zero attached hydrogens (tertiary/aromatic N) is 3. The maximum absolute atomic E-state index is 5.84. The number of anilines is 1. The lowest BCUT2D eigenvalue weighted by atomic mass is 9.96. The van der Waals surface area contributed by atoms with Crippen molar-refractivity contribution in [3.05, 3.63) is 119 Å². The quantitative estimate of drug-likeness (QED) is 0.404. The summed E-state index contributed by atoms with van der Waals surface area (Å²) in [4.78, 5) is 6.91. The zero-order valence-electron chi connectivity index (χ0n) is 18.3. The second-order valence-electron chi connectivity index (χ2n) is 8.23. The van der Waals surface area contributed by atoms with Crippen molar-refractivity contribution in [1.29, 1.82) is 0 Å². The van der Waals surface area contributed by atoms with E-state index < -0.39 is 0 Å². The topological polar surface area (TPSA) is 33.1 Å². The first-order valence-corrected chi connectivity index (χ1v) is 11.3. The maximum atomic E-state index is 5.84. The summed E-state index contributed by atoms with van der Waals surface area (Å²) in [6.45, 7) is 5.25. The van der Waals surface area contributed by atoms with Crippen molar-refractivity contribution in [2.24, 2.45) is 0 Å². The Labute approximate surface area is 194 Å². The Balaban J connectivity index is 1.62. The molecule has 4 nitrogen and oxygen atoms in total. The van der Waals surface area contributed by atoms with Crippen LogP contribution in [0.5, 0.6) is 0 Å². The van der Waals surface area contributed by atoms with Gasteiger partial charge in [0.05, 0.1) is 17.8 Å². The van der Waals surface area contributed by atoms with Gasteiger partial charge in [-0.1, -0.05) is 54.6 Å². The van der Waals surface area contributed by atoms with E-state index in [0.29, 0.717) is 0 Å². The summed E-state index contributed by atoms with van der Waals surface area (Å²) in [5, 5.41) is 4.29. The summed E-state index contributed by atoms with van der Waals surface area (Å²) >= 11 is 5.84. The molecule has 0 saturated carbocycles. The summed E-state index contributed by atoms with van der Waals surface area (Å²) < 4.78 is 2.39. The minimum atomic E-state index is -0.0328. The Bertz CT molecular complexity index is 1220. The van der Waals surface area contributed by atoms with Gasteiger partial charge in [-0.3, -0.25) is 4.98 Å². The molecule has 1 aliphatic heterocycles. The van der Waals surface area contributed by atoms with Gasteiger partial charge in [-0.25, -0.2) is 0 Å². The maximum Gasteiger partial charge on any atom is 0.174 e. The van der Waals surface area contributed by atoms with Gasteiger partial charge in [0, 0.05) is 29.8 Å². The molecule has 0 bridgehead atoms. The normalized spacial score (nSPS) is 18.1. The Morgan fingerprint density at radius 3 is 2.28 bits per heavy atom. The molecule has 1 aliphatic rings. The lowest BCUT2D eigenvalue weighted by Crippen LogP contribution is -2.29. The molecule has 0 aliphatic carbocycles. The predicted octanol–water partition coefficient (Wildman–Crippen LogP) is 5.73. The van der Waals surface area contributed by atoms with Crippen LogP contribution in [0.2, 0.25) is 0 Å².